The summed E-state index contributed by atoms with van der Waals surface area (Å²) in [5.41, 5.74) is 3.44. The Morgan fingerprint density at radius 3 is 2.62 bits per heavy atom. The molecule has 1 fully saturated rings. The van der Waals surface area contributed by atoms with E-state index in [1.165, 1.54) is 5.57 Å². The highest BCUT2D eigenvalue weighted by atomic mass is 32.2. The summed E-state index contributed by atoms with van der Waals surface area (Å²) in [7, 11) is 0. The molecule has 0 amide bonds. The van der Waals surface area contributed by atoms with Gasteiger partial charge in [0.25, 0.3) is 5.56 Å². The summed E-state index contributed by atoms with van der Waals surface area (Å²) >= 11 is 1.60. The number of aromatic nitrogens is 3. The normalized spacial score (nSPS) is 19.5. The van der Waals surface area contributed by atoms with Crippen molar-refractivity contribution >= 4 is 22.8 Å². The van der Waals surface area contributed by atoms with Gasteiger partial charge in [0.2, 0.25) is 0 Å². The van der Waals surface area contributed by atoms with Gasteiger partial charge in [-0.3, -0.25) is 9.36 Å². The second-order valence-corrected chi connectivity index (χ2v) is 9.87. The third kappa shape index (κ3) is 5.06. The fourth-order valence-corrected chi connectivity index (χ4v) is 5.28. The molecule has 0 spiro atoms. The third-order valence-corrected chi connectivity index (χ3v) is 7.80. The molecular weight excluding hydrogens is 459 g/mol. The molecule has 2 heterocycles. The Hall–Kier alpha value is -2.61. The zero-order chi connectivity index (χ0) is 24.5. The number of rotatable bonds is 5. The Kier molecular flexibility index (Phi) is 7.17. The molecule has 0 bridgehead atoms. The van der Waals surface area contributed by atoms with Crippen LogP contribution in [0.4, 0.5) is 13.2 Å². The molecule has 1 aliphatic rings. The van der Waals surface area contributed by atoms with Crippen molar-refractivity contribution in [2.45, 2.75) is 69.9 Å². The van der Waals surface area contributed by atoms with E-state index in [1.54, 1.807) is 34.7 Å². The molecular formula is C26H28F3N3OS. The van der Waals surface area contributed by atoms with E-state index in [1.807, 2.05) is 25.1 Å². The molecule has 0 unspecified atom stereocenters. The number of hydrogen-bond acceptors (Lipinski definition) is 4. The largest absolute Gasteiger partial charge is 0.391 e. The van der Waals surface area contributed by atoms with Gasteiger partial charge >= 0.3 is 6.18 Å². The first-order valence-corrected chi connectivity index (χ1v) is 12.4. The van der Waals surface area contributed by atoms with E-state index in [4.69, 9.17) is 4.98 Å². The lowest BCUT2D eigenvalue weighted by Crippen LogP contribution is -2.31. The van der Waals surface area contributed by atoms with Crippen LogP contribution in [0, 0.1) is 12.8 Å². The Morgan fingerprint density at radius 1 is 1.21 bits per heavy atom. The molecule has 180 valence electrons. The molecule has 4 rings (SSSR count). The summed E-state index contributed by atoms with van der Waals surface area (Å²) in [5.74, 6) is -0.997. The number of aryl methyl sites for hydroxylation is 1. The van der Waals surface area contributed by atoms with Gasteiger partial charge in [-0.15, -0.1) is 0 Å². The van der Waals surface area contributed by atoms with E-state index >= 15 is 0 Å². The number of allylic oxidation sites excluding steroid dienone is 1. The third-order valence-electron chi connectivity index (χ3n) is 6.59. The van der Waals surface area contributed by atoms with E-state index in [0.717, 1.165) is 16.9 Å². The number of hydrogen-bond donors (Lipinski definition) is 0. The Bertz CT molecular complexity index is 1270. The predicted molar refractivity (Wildman–Crippen MR) is 131 cm³/mol. The topological polar surface area (TPSA) is 47.8 Å². The highest BCUT2D eigenvalue weighted by molar-refractivity contribution is 8.02. The number of pyridine rings is 1. The molecule has 1 aliphatic carbocycles. The first-order valence-electron chi connectivity index (χ1n) is 11.6. The van der Waals surface area contributed by atoms with Gasteiger partial charge in [0.1, 0.15) is 5.82 Å². The van der Waals surface area contributed by atoms with Gasteiger partial charge in [-0.1, -0.05) is 30.3 Å². The molecule has 2 aromatic heterocycles. The van der Waals surface area contributed by atoms with Crippen LogP contribution in [0.2, 0.25) is 0 Å². The molecule has 34 heavy (non-hydrogen) atoms. The van der Waals surface area contributed by atoms with Crippen molar-refractivity contribution in [1.29, 1.82) is 0 Å². The highest BCUT2D eigenvalue weighted by Crippen LogP contribution is 2.43. The van der Waals surface area contributed by atoms with Crippen LogP contribution in [0.15, 0.2) is 57.2 Å². The lowest BCUT2D eigenvalue weighted by Gasteiger charge is -2.30. The molecule has 0 radical (unpaired) electrons. The van der Waals surface area contributed by atoms with Crippen LogP contribution < -0.4 is 5.56 Å². The summed E-state index contributed by atoms with van der Waals surface area (Å²) in [6.07, 6.45) is -0.896. The SMILES string of the molecule is CCC(C)=CSc1cc(-n2c(C3CCC(C(F)(F)F)CC3)nc3cccnc3c2=O)ccc1C. The number of alkyl halides is 3. The maximum atomic E-state index is 13.6. The lowest BCUT2D eigenvalue weighted by atomic mass is 9.81. The number of thioether (sulfide) groups is 1. The smallest absolute Gasteiger partial charge is 0.266 e. The minimum atomic E-state index is -4.18. The minimum absolute atomic E-state index is 0.0468. The van der Waals surface area contributed by atoms with Crippen molar-refractivity contribution in [2.24, 2.45) is 5.92 Å². The van der Waals surface area contributed by atoms with E-state index in [2.05, 4.69) is 24.2 Å². The summed E-state index contributed by atoms with van der Waals surface area (Å²) in [6.45, 7) is 6.19. The molecule has 3 aromatic rings. The molecule has 1 aromatic carbocycles. The van der Waals surface area contributed by atoms with Crippen LogP contribution in [-0.2, 0) is 0 Å². The van der Waals surface area contributed by atoms with E-state index in [9.17, 15) is 18.0 Å². The Labute approximate surface area is 201 Å². The summed E-state index contributed by atoms with van der Waals surface area (Å²) < 4.78 is 41.3. The Balaban J connectivity index is 1.81. The van der Waals surface area contributed by atoms with Crippen LogP contribution in [0.5, 0.6) is 0 Å². The fourth-order valence-electron chi connectivity index (χ4n) is 4.34. The van der Waals surface area contributed by atoms with E-state index < -0.39 is 12.1 Å². The molecule has 1 saturated carbocycles. The van der Waals surface area contributed by atoms with Gasteiger partial charge in [0.05, 0.1) is 17.1 Å². The van der Waals surface area contributed by atoms with Gasteiger partial charge in [-0.05, 0) is 81.2 Å². The molecule has 0 N–H and O–H groups in total. The van der Waals surface area contributed by atoms with Crippen LogP contribution in [-0.4, -0.2) is 20.7 Å². The second-order valence-electron chi connectivity index (χ2n) is 8.96. The summed E-state index contributed by atoms with van der Waals surface area (Å²) in [4.78, 5) is 23.6. The number of benzene rings is 1. The maximum absolute atomic E-state index is 13.6. The molecule has 0 atom stereocenters. The maximum Gasteiger partial charge on any atom is 0.391 e. The zero-order valence-electron chi connectivity index (χ0n) is 19.5. The molecule has 0 saturated heterocycles. The van der Waals surface area contributed by atoms with Crippen molar-refractivity contribution in [3.63, 3.8) is 0 Å². The monoisotopic (exact) mass is 487 g/mol. The van der Waals surface area contributed by atoms with Crippen LogP contribution in [0.25, 0.3) is 16.7 Å². The van der Waals surface area contributed by atoms with Crippen molar-refractivity contribution in [3.8, 4) is 5.69 Å². The molecule has 8 heteroatoms. The fraction of sp³-hybridized carbons (Fsp3) is 0.423. The van der Waals surface area contributed by atoms with Crippen molar-refractivity contribution in [3.05, 3.63) is 69.3 Å². The number of fused-ring (bicyclic) bond motifs is 1. The lowest BCUT2D eigenvalue weighted by molar-refractivity contribution is -0.182. The standard InChI is InChI=1S/C26H28F3N3OS/c1-4-16(2)15-34-22-14-20(12-7-17(22)3)32-24(18-8-10-19(11-9-18)26(27,28)29)31-21-6-5-13-30-23(21)25(32)33/h5-7,12-15,18-19H,4,8-11H2,1-3H3. The van der Waals surface area contributed by atoms with Crippen molar-refractivity contribution < 1.29 is 13.2 Å². The second kappa shape index (κ2) is 9.94. The average molecular weight is 488 g/mol. The van der Waals surface area contributed by atoms with Gasteiger partial charge in [0.15, 0.2) is 5.52 Å². The van der Waals surface area contributed by atoms with Gasteiger partial charge in [0, 0.05) is 17.0 Å². The van der Waals surface area contributed by atoms with E-state index in [-0.39, 0.29) is 29.8 Å². The van der Waals surface area contributed by atoms with Crippen molar-refractivity contribution in [1.82, 2.24) is 14.5 Å². The first-order chi connectivity index (χ1) is 16.2. The van der Waals surface area contributed by atoms with Gasteiger partial charge in [-0.25, -0.2) is 9.97 Å². The molecule has 4 nitrogen and oxygen atoms in total. The average Bonchev–Trinajstić information content (AvgIpc) is 2.83. The summed E-state index contributed by atoms with van der Waals surface area (Å²) in [6, 6.07) is 9.24. The quantitative estimate of drug-likeness (QED) is 0.354. The first kappa shape index (κ1) is 24.5. The van der Waals surface area contributed by atoms with Gasteiger partial charge < -0.3 is 0 Å². The number of halogens is 3. The van der Waals surface area contributed by atoms with Crippen LogP contribution in [0.3, 0.4) is 0 Å². The van der Waals surface area contributed by atoms with Crippen molar-refractivity contribution in [2.75, 3.05) is 0 Å². The van der Waals surface area contributed by atoms with Crippen LogP contribution >= 0.6 is 11.8 Å². The van der Waals surface area contributed by atoms with Crippen LogP contribution in [0.1, 0.15) is 63.3 Å². The number of nitrogens with zero attached hydrogens (tertiary/aromatic N) is 3. The predicted octanol–water partition coefficient (Wildman–Crippen LogP) is 7.33. The summed E-state index contributed by atoms with van der Waals surface area (Å²) in [5, 5.41) is 2.11. The highest BCUT2D eigenvalue weighted by Gasteiger charge is 2.42. The van der Waals surface area contributed by atoms with Gasteiger partial charge in [-0.2, -0.15) is 13.2 Å². The zero-order valence-corrected chi connectivity index (χ0v) is 20.3. The molecule has 0 aliphatic heterocycles. The Morgan fingerprint density at radius 2 is 1.94 bits per heavy atom. The van der Waals surface area contributed by atoms with E-state index in [0.29, 0.717) is 29.9 Å². The minimum Gasteiger partial charge on any atom is -0.266 e.